The van der Waals surface area contributed by atoms with Gasteiger partial charge >= 0.3 is 0 Å². The number of benzene rings is 1. The Morgan fingerprint density at radius 1 is 1.07 bits per heavy atom. The van der Waals surface area contributed by atoms with E-state index < -0.39 is 11.2 Å². The molecule has 0 unspecified atom stereocenters. The van der Waals surface area contributed by atoms with Crippen molar-refractivity contribution in [2.75, 3.05) is 32.0 Å². The Balaban J connectivity index is 2.35. The number of para-hydroxylation sites is 1. The normalized spacial score (nSPS) is 16.3. The number of anilines is 1. The summed E-state index contributed by atoms with van der Waals surface area (Å²) in [6.45, 7) is 10.4. The van der Waals surface area contributed by atoms with E-state index in [9.17, 15) is 10.2 Å². The Hall–Kier alpha value is -2.06. The fourth-order valence-corrected chi connectivity index (χ4v) is 4.17. The summed E-state index contributed by atoms with van der Waals surface area (Å²) in [4.78, 5) is 9.33. The molecule has 0 radical (unpaired) electrons. The van der Waals surface area contributed by atoms with Crippen LogP contribution in [0.5, 0.6) is 0 Å². The zero-order chi connectivity index (χ0) is 20.7. The second-order valence-electron chi connectivity index (χ2n) is 8.79. The van der Waals surface area contributed by atoms with Gasteiger partial charge in [0.25, 0.3) is 0 Å². The maximum atomic E-state index is 10.8. The number of amidine groups is 1. The molecule has 0 saturated heterocycles. The van der Waals surface area contributed by atoms with Gasteiger partial charge in [0.2, 0.25) is 5.84 Å². The molecule has 0 saturated carbocycles. The van der Waals surface area contributed by atoms with E-state index in [2.05, 4.69) is 4.98 Å². The van der Waals surface area contributed by atoms with Gasteiger partial charge in [-0.15, -0.1) is 0 Å². The van der Waals surface area contributed by atoms with Crippen molar-refractivity contribution in [2.24, 2.45) is 4.99 Å². The number of quaternary nitrogens is 1. The summed E-state index contributed by atoms with van der Waals surface area (Å²) in [6.07, 6.45) is 0. The predicted octanol–water partition coefficient (Wildman–Crippen LogP) is 2.75. The van der Waals surface area contributed by atoms with E-state index in [0.29, 0.717) is 37.0 Å². The van der Waals surface area contributed by atoms with Crippen molar-refractivity contribution < 1.29 is 14.9 Å². The monoisotopic (exact) mass is 387 g/mol. The lowest BCUT2D eigenvalue weighted by Crippen LogP contribution is -2.64. The van der Waals surface area contributed by atoms with Gasteiger partial charge in [0.1, 0.15) is 30.9 Å². The number of hydrogen-bond acceptors (Lipinski definition) is 6. The number of aliphatic hydroxyl groups is 2. The fourth-order valence-electron chi connectivity index (χ4n) is 4.17. The molecule has 4 N–H and O–H groups in total. The standard InChI is InChI=1S/C21H31N4O3/c1-6-28-11-16-24-17-18(14-9-7-8-10-15(14)23-19(17)22)25(16,12-20(2,3)26)13-21(4,5)27/h7-10,26-27H,6,11-13H2,1-5H3,(H2,22,23)/q+1. The Kier molecular flexibility index (Phi) is 5.22. The summed E-state index contributed by atoms with van der Waals surface area (Å²) >= 11 is 0. The number of pyridine rings is 1. The summed E-state index contributed by atoms with van der Waals surface area (Å²) in [5, 5.41) is 22.5. The van der Waals surface area contributed by atoms with Crippen LogP contribution in [0.2, 0.25) is 0 Å². The minimum atomic E-state index is -1.01. The van der Waals surface area contributed by atoms with E-state index >= 15 is 0 Å². The molecule has 0 amide bonds. The highest BCUT2D eigenvalue weighted by Crippen LogP contribution is 2.49. The lowest BCUT2D eigenvalue weighted by atomic mass is 9.99. The molecule has 28 heavy (non-hydrogen) atoms. The lowest BCUT2D eigenvalue weighted by Gasteiger charge is -2.42. The molecule has 7 heteroatoms. The zero-order valence-electron chi connectivity index (χ0n) is 17.4. The largest absolute Gasteiger partial charge is 0.385 e. The molecular weight excluding hydrogens is 356 g/mol. The third-order valence-electron chi connectivity index (χ3n) is 4.78. The molecule has 0 atom stereocenters. The van der Waals surface area contributed by atoms with E-state index in [-0.39, 0.29) is 11.1 Å². The number of aliphatic imine (C=N–C) groups is 1. The van der Waals surface area contributed by atoms with E-state index in [4.69, 9.17) is 15.5 Å². The molecule has 0 fully saturated rings. The number of nitrogens with zero attached hydrogens (tertiary/aromatic N) is 3. The average molecular weight is 388 g/mol. The highest BCUT2D eigenvalue weighted by molar-refractivity contribution is 6.13. The van der Waals surface area contributed by atoms with Crippen LogP contribution in [0.4, 0.5) is 17.2 Å². The SMILES string of the molecule is CCOCC1=Nc2c(N)nc3ccccc3c2[N+]1(CC(C)(C)O)CC(C)(C)O. The molecule has 2 heterocycles. The van der Waals surface area contributed by atoms with Gasteiger partial charge in [0.15, 0.2) is 17.2 Å². The predicted molar refractivity (Wildman–Crippen MR) is 114 cm³/mol. The van der Waals surface area contributed by atoms with Crippen molar-refractivity contribution in [3.8, 4) is 0 Å². The van der Waals surface area contributed by atoms with Crippen LogP contribution in [0.1, 0.15) is 34.6 Å². The van der Waals surface area contributed by atoms with Gasteiger partial charge in [0.05, 0.1) is 10.9 Å². The maximum absolute atomic E-state index is 10.8. The van der Waals surface area contributed by atoms with Gasteiger partial charge in [-0.3, -0.25) is 0 Å². The van der Waals surface area contributed by atoms with Crippen molar-refractivity contribution in [1.82, 2.24) is 9.47 Å². The highest BCUT2D eigenvalue weighted by atomic mass is 16.5. The number of rotatable bonds is 7. The van der Waals surface area contributed by atoms with Crippen molar-refractivity contribution in [2.45, 2.75) is 45.8 Å². The third kappa shape index (κ3) is 3.89. The van der Waals surface area contributed by atoms with Crippen LogP contribution in [0.15, 0.2) is 29.3 Å². The van der Waals surface area contributed by atoms with Crippen LogP contribution in [0, 0.1) is 0 Å². The van der Waals surface area contributed by atoms with Crippen LogP contribution in [-0.2, 0) is 4.74 Å². The summed E-state index contributed by atoms with van der Waals surface area (Å²) in [7, 11) is 0. The summed E-state index contributed by atoms with van der Waals surface area (Å²) in [6, 6.07) is 7.76. The van der Waals surface area contributed by atoms with Crippen LogP contribution in [-0.4, -0.2) is 58.5 Å². The van der Waals surface area contributed by atoms with Crippen LogP contribution in [0.3, 0.4) is 0 Å². The Morgan fingerprint density at radius 2 is 1.68 bits per heavy atom. The van der Waals surface area contributed by atoms with Crippen molar-refractivity contribution >= 4 is 33.9 Å². The maximum Gasteiger partial charge on any atom is 0.235 e. The molecule has 0 aliphatic carbocycles. The quantitative estimate of drug-likeness (QED) is 0.634. The van der Waals surface area contributed by atoms with Gasteiger partial charge < -0.3 is 20.7 Å². The van der Waals surface area contributed by atoms with Gasteiger partial charge in [0, 0.05) is 6.61 Å². The number of fused-ring (bicyclic) bond motifs is 3. The average Bonchev–Trinajstić information content (AvgIpc) is 2.84. The van der Waals surface area contributed by atoms with Gasteiger partial charge in [-0.05, 0) is 46.8 Å². The first-order valence-electron chi connectivity index (χ1n) is 9.63. The molecule has 7 nitrogen and oxygen atoms in total. The fraction of sp³-hybridized carbons (Fsp3) is 0.524. The smallest absolute Gasteiger partial charge is 0.235 e. The van der Waals surface area contributed by atoms with Crippen molar-refractivity contribution in [3.63, 3.8) is 0 Å². The van der Waals surface area contributed by atoms with Gasteiger partial charge in [-0.25, -0.2) is 9.47 Å². The van der Waals surface area contributed by atoms with Crippen LogP contribution < -0.4 is 10.2 Å². The second kappa shape index (κ2) is 7.08. The molecule has 3 rings (SSSR count). The Bertz CT molecular complexity index is 894. The number of aromatic nitrogens is 1. The molecule has 1 aliphatic heterocycles. The topological polar surface area (TPSA) is 101 Å². The third-order valence-corrected chi connectivity index (χ3v) is 4.78. The number of nitrogens with two attached hydrogens (primary N) is 1. The summed E-state index contributed by atoms with van der Waals surface area (Å²) in [5.74, 6) is 1.06. The minimum Gasteiger partial charge on any atom is -0.385 e. The van der Waals surface area contributed by atoms with Crippen molar-refractivity contribution in [1.29, 1.82) is 0 Å². The molecular formula is C21H31N4O3+. The summed E-state index contributed by atoms with van der Waals surface area (Å²) < 4.78 is 5.89. The highest BCUT2D eigenvalue weighted by Gasteiger charge is 2.51. The van der Waals surface area contributed by atoms with E-state index in [1.807, 2.05) is 31.2 Å². The number of nitrogen functional groups attached to an aromatic ring is 1. The first kappa shape index (κ1) is 20.7. The molecule has 1 aromatic carbocycles. The van der Waals surface area contributed by atoms with Crippen LogP contribution in [0.25, 0.3) is 10.9 Å². The molecule has 152 valence electrons. The van der Waals surface area contributed by atoms with Crippen molar-refractivity contribution in [3.05, 3.63) is 24.3 Å². The second-order valence-corrected chi connectivity index (χ2v) is 8.79. The molecule has 0 bridgehead atoms. The zero-order valence-corrected chi connectivity index (χ0v) is 17.4. The Labute approximate surface area is 166 Å². The molecule has 0 spiro atoms. The molecule has 1 aromatic heterocycles. The van der Waals surface area contributed by atoms with E-state index in [1.165, 1.54) is 0 Å². The lowest BCUT2D eigenvalue weighted by molar-refractivity contribution is 0.0182. The van der Waals surface area contributed by atoms with Gasteiger partial charge in [-0.1, -0.05) is 12.1 Å². The van der Waals surface area contributed by atoms with Crippen LogP contribution >= 0.6 is 0 Å². The molecule has 1 aliphatic rings. The number of ether oxygens (including phenoxy) is 1. The first-order valence-corrected chi connectivity index (χ1v) is 9.63. The first-order chi connectivity index (χ1) is 13.0. The minimum absolute atomic E-state index is 0.176. The molecule has 2 aromatic rings. The van der Waals surface area contributed by atoms with Gasteiger partial charge in [-0.2, -0.15) is 4.99 Å². The van der Waals surface area contributed by atoms with E-state index in [0.717, 1.165) is 16.6 Å². The van der Waals surface area contributed by atoms with E-state index in [1.54, 1.807) is 27.7 Å². The number of hydrogen-bond donors (Lipinski definition) is 3. The summed E-state index contributed by atoms with van der Waals surface area (Å²) in [5.41, 5.74) is 6.48. The Morgan fingerprint density at radius 3 is 2.25 bits per heavy atom.